The van der Waals surface area contributed by atoms with Gasteiger partial charge in [0.15, 0.2) is 0 Å². The fraction of sp³-hybridized carbons (Fsp3) is 0.467. The first-order valence-electron chi connectivity index (χ1n) is 6.69. The summed E-state index contributed by atoms with van der Waals surface area (Å²) < 4.78 is 0. The lowest BCUT2D eigenvalue weighted by atomic mass is 10.1. The van der Waals surface area contributed by atoms with Crippen molar-refractivity contribution in [2.45, 2.75) is 33.2 Å². The highest BCUT2D eigenvalue weighted by atomic mass is 32.1. The Morgan fingerprint density at radius 2 is 1.95 bits per heavy atom. The number of amides is 1. The summed E-state index contributed by atoms with van der Waals surface area (Å²) in [5, 5.41) is 2.88. The number of nitrogens with zero attached hydrogens (tertiary/aromatic N) is 1. The molecule has 1 rings (SSSR count). The molecule has 0 aromatic heterocycles. The molecular weight excluding hydrogens is 270 g/mol. The molecule has 0 radical (unpaired) electrons. The third-order valence-electron chi connectivity index (χ3n) is 3.13. The molecule has 20 heavy (non-hydrogen) atoms. The van der Waals surface area contributed by atoms with Crippen LogP contribution in [0, 0.1) is 0 Å². The van der Waals surface area contributed by atoms with E-state index in [4.69, 9.17) is 18.0 Å². The fourth-order valence-electron chi connectivity index (χ4n) is 1.99. The molecule has 1 aromatic carbocycles. The van der Waals surface area contributed by atoms with Crippen molar-refractivity contribution in [1.82, 2.24) is 4.90 Å². The second-order valence-electron chi connectivity index (χ2n) is 5.64. The van der Waals surface area contributed by atoms with Crippen molar-refractivity contribution in [1.29, 1.82) is 0 Å². The molecule has 0 aliphatic heterocycles. The number of hydrogen-bond acceptors (Lipinski definition) is 3. The van der Waals surface area contributed by atoms with Gasteiger partial charge in [0.1, 0.15) is 4.99 Å². The van der Waals surface area contributed by atoms with E-state index in [-0.39, 0.29) is 16.4 Å². The van der Waals surface area contributed by atoms with Gasteiger partial charge in [-0.15, -0.1) is 0 Å². The van der Waals surface area contributed by atoms with E-state index in [1.807, 2.05) is 19.1 Å². The van der Waals surface area contributed by atoms with Gasteiger partial charge >= 0.3 is 0 Å². The van der Waals surface area contributed by atoms with Crippen LogP contribution in [0.5, 0.6) is 0 Å². The number of thiocarbonyl (C=S) groups is 1. The van der Waals surface area contributed by atoms with Gasteiger partial charge in [0.05, 0.1) is 12.2 Å². The van der Waals surface area contributed by atoms with E-state index >= 15 is 0 Å². The molecular formula is C15H23N3OS. The molecule has 0 saturated heterocycles. The van der Waals surface area contributed by atoms with E-state index in [0.29, 0.717) is 17.8 Å². The summed E-state index contributed by atoms with van der Waals surface area (Å²) >= 11 is 4.99. The first-order valence-corrected chi connectivity index (χ1v) is 7.10. The normalized spacial score (nSPS) is 11.4. The van der Waals surface area contributed by atoms with Crippen molar-refractivity contribution in [2.24, 2.45) is 5.73 Å². The maximum Gasteiger partial charge on any atom is 0.238 e. The monoisotopic (exact) mass is 293 g/mol. The van der Waals surface area contributed by atoms with E-state index in [0.717, 1.165) is 6.54 Å². The second-order valence-corrected chi connectivity index (χ2v) is 6.08. The van der Waals surface area contributed by atoms with E-state index in [9.17, 15) is 4.79 Å². The third kappa shape index (κ3) is 4.58. The van der Waals surface area contributed by atoms with Crippen LogP contribution in [0.1, 0.15) is 33.3 Å². The van der Waals surface area contributed by atoms with Crippen molar-refractivity contribution in [3.8, 4) is 0 Å². The number of carbonyl (C=O) groups excluding carboxylic acids is 1. The first-order chi connectivity index (χ1) is 9.25. The van der Waals surface area contributed by atoms with Crippen LogP contribution in [0.2, 0.25) is 0 Å². The highest BCUT2D eigenvalue weighted by molar-refractivity contribution is 7.80. The maximum absolute atomic E-state index is 12.2. The minimum Gasteiger partial charge on any atom is -0.389 e. The Labute approximate surface area is 126 Å². The average molecular weight is 293 g/mol. The summed E-state index contributed by atoms with van der Waals surface area (Å²) in [5.41, 5.74) is 6.96. The Bertz CT molecular complexity index is 494. The van der Waals surface area contributed by atoms with Crippen LogP contribution < -0.4 is 11.1 Å². The molecule has 0 aliphatic carbocycles. The van der Waals surface area contributed by atoms with Crippen LogP contribution in [0.25, 0.3) is 0 Å². The van der Waals surface area contributed by atoms with Crippen LogP contribution in [0.4, 0.5) is 5.69 Å². The number of anilines is 1. The molecule has 0 unspecified atom stereocenters. The van der Waals surface area contributed by atoms with Crippen LogP contribution in [0.3, 0.4) is 0 Å². The average Bonchev–Trinajstić information content (AvgIpc) is 2.34. The van der Waals surface area contributed by atoms with Gasteiger partial charge in [0.25, 0.3) is 0 Å². The minimum atomic E-state index is -0.0644. The third-order valence-corrected chi connectivity index (χ3v) is 3.35. The van der Waals surface area contributed by atoms with Gasteiger partial charge in [0.2, 0.25) is 5.91 Å². The number of nitrogens with one attached hydrogen (secondary N) is 1. The Morgan fingerprint density at radius 3 is 2.45 bits per heavy atom. The lowest BCUT2D eigenvalue weighted by Gasteiger charge is -2.34. The molecule has 3 N–H and O–H groups in total. The number of likely N-dealkylation sites (N-methyl/N-ethyl adjacent to an activating group) is 1. The molecule has 0 heterocycles. The molecule has 0 saturated carbocycles. The standard InChI is InChI=1S/C15H23N3OS/c1-5-18(15(2,3)4)10-13(19)17-12-9-7-6-8-11(12)14(16)20/h6-9H,5,10H2,1-4H3,(H2,16,20)(H,17,19). The Balaban J connectivity index is 2.79. The molecule has 1 aromatic rings. The van der Waals surface area contributed by atoms with Crippen LogP contribution >= 0.6 is 12.2 Å². The molecule has 0 bridgehead atoms. The highest BCUT2D eigenvalue weighted by Gasteiger charge is 2.22. The van der Waals surface area contributed by atoms with Gasteiger partial charge in [-0.1, -0.05) is 31.3 Å². The number of rotatable bonds is 5. The highest BCUT2D eigenvalue weighted by Crippen LogP contribution is 2.16. The number of carbonyl (C=O) groups is 1. The fourth-order valence-corrected chi connectivity index (χ4v) is 2.17. The molecule has 0 atom stereocenters. The van der Waals surface area contributed by atoms with Crippen molar-refractivity contribution in [3.05, 3.63) is 29.8 Å². The Morgan fingerprint density at radius 1 is 1.35 bits per heavy atom. The van der Waals surface area contributed by atoms with Crippen LogP contribution in [0.15, 0.2) is 24.3 Å². The van der Waals surface area contributed by atoms with Gasteiger partial charge in [-0.05, 0) is 39.4 Å². The Hall–Kier alpha value is -1.46. The summed E-state index contributed by atoms with van der Waals surface area (Å²) in [6, 6.07) is 7.30. The maximum atomic E-state index is 12.2. The minimum absolute atomic E-state index is 0.0468. The zero-order valence-electron chi connectivity index (χ0n) is 12.6. The van der Waals surface area contributed by atoms with Gasteiger partial charge in [-0.25, -0.2) is 0 Å². The van der Waals surface area contributed by atoms with Crippen molar-refractivity contribution in [3.63, 3.8) is 0 Å². The number of benzene rings is 1. The van der Waals surface area contributed by atoms with Gasteiger partial charge in [-0.3, -0.25) is 9.69 Å². The number of para-hydroxylation sites is 1. The molecule has 5 heteroatoms. The lowest BCUT2D eigenvalue weighted by Crippen LogP contribution is -2.45. The topological polar surface area (TPSA) is 58.4 Å². The summed E-state index contributed by atoms with van der Waals surface area (Å²) in [6.07, 6.45) is 0. The van der Waals surface area contributed by atoms with Crippen molar-refractivity contribution < 1.29 is 4.79 Å². The zero-order chi connectivity index (χ0) is 15.3. The predicted molar refractivity (Wildman–Crippen MR) is 88.0 cm³/mol. The van der Waals surface area contributed by atoms with Crippen LogP contribution in [-0.4, -0.2) is 34.4 Å². The molecule has 4 nitrogen and oxygen atoms in total. The quantitative estimate of drug-likeness (QED) is 0.818. The van der Waals surface area contributed by atoms with Gasteiger partial charge in [-0.2, -0.15) is 0 Å². The molecule has 0 fully saturated rings. The van der Waals surface area contributed by atoms with Crippen molar-refractivity contribution in [2.75, 3.05) is 18.4 Å². The second kappa shape index (κ2) is 6.81. The smallest absolute Gasteiger partial charge is 0.238 e. The van der Waals surface area contributed by atoms with E-state index < -0.39 is 0 Å². The molecule has 110 valence electrons. The van der Waals surface area contributed by atoms with Gasteiger partial charge < -0.3 is 11.1 Å². The SMILES string of the molecule is CCN(CC(=O)Nc1ccccc1C(N)=S)C(C)(C)C. The zero-order valence-corrected chi connectivity index (χ0v) is 13.4. The van der Waals surface area contributed by atoms with Gasteiger partial charge in [0, 0.05) is 11.1 Å². The predicted octanol–water partition coefficient (Wildman–Crippen LogP) is 2.38. The Kier molecular flexibility index (Phi) is 5.65. The summed E-state index contributed by atoms with van der Waals surface area (Å²) in [4.78, 5) is 14.6. The summed E-state index contributed by atoms with van der Waals surface area (Å²) in [7, 11) is 0. The van der Waals surface area contributed by atoms with E-state index in [1.54, 1.807) is 12.1 Å². The first kappa shape index (κ1) is 16.6. The largest absolute Gasteiger partial charge is 0.389 e. The van der Waals surface area contributed by atoms with Crippen LogP contribution in [-0.2, 0) is 4.79 Å². The lowest BCUT2D eigenvalue weighted by molar-refractivity contribution is -0.118. The summed E-state index contributed by atoms with van der Waals surface area (Å²) in [6.45, 7) is 9.47. The molecule has 0 aliphatic rings. The molecule has 0 spiro atoms. The van der Waals surface area contributed by atoms with E-state index in [1.165, 1.54) is 0 Å². The number of nitrogens with two attached hydrogens (primary N) is 1. The van der Waals surface area contributed by atoms with Crippen molar-refractivity contribution >= 4 is 28.8 Å². The molecule has 1 amide bonds. The summed E-state index contributed by atoms with van der Waals surface area (Å²) in [5.74, 6) is -0.0644. The van der Waals surface area contributed by atoms with E-state index in [2.05, 4.69) is 31.0 Å². The number of hydrogen-bond donors (Lipinski definition) is 2.